The summed E-state index contributed by atoms with van der Waals surface area (Å²) < 4.78 is 11.2. The summed E-state index contributed by atoms with van der Waals surface area (Å²) in [4.78, 5) is 11.6. The predicted octanol–water partition coefficient (Wildman–Crippen LogP) is 1.65. The van der Waals surface area contributed by atoms with Gasteiger partial charge in [-0.3, -0.25) is 4.79 Å². The zero-order valence-electron chi connectivity index (χ0n) is 11.7. The lowest BCUT2D eigenvalue weighted by Gasteiger charge is -2.36. The molecule has 4 nitrogen and oxygen atoms in total. The van der Waals surface area contributed by atoms with Gasteiger partial charge < -0.3 is 14.3 Å². The van der Waals surface area contributed by atoms with Crippen LogP contribution in [0.5, 0.6) is 0 Å². The number of hydrogen-bond donors (Lipinski definition) is 1. The molecular weight excluding hydrogens is 248 g/mol. The van der Waals surface area contributed by atoms with Crippen molar-refractivity contribution in [1.29, 1.82) is 0 Å². The van der Waals surface area contributed by atoms with Crippen molar-refractivity contribution < 1.29 is 19.1 Å². The molecule has 1 heterocycles. The lowest BCUT2D eigenvalue weighted by atomic mass is 9.96. The highest BCUT2D eigenvalue weighted by Gasteiger charge is 2.53. The molecule has 1 aliphatic carbocycles. The van der Waals surface area contributed by atoms with Crippen LogP contribution < -0.4 is 0 Å². The van der Waals surface area contributed by atoms with E-state index >= 15 is 0 Å². The molecule has 102 valence electrons. The third kappa shape index (κ3) is 2.45. The number of carbonyl (C=O) groups excluding carboxylic acids is 1. The van der Waals surface area contributed by atoms with Crippen molar-refractivity contribution in [3.8, 4) is 0 Å². The van der Waals surface area contributed by atoms with Crippen molar-refractivity contribution in [2.45, 2.75) is 57.2 Å². The number of carbonyl (C=O) groups is 1. The van der Waals surface area contributed by atoms with Gasteiger partial charge in [0.05, 0.1) is 6.61 Å². The first-order chi connectivity index (χ1) is 8.13. The van der Waals surface area contributed by atoms with Gasteiger partial charge in [0, 0.05) is 0 Å². The van der Waals surface area contributed by atoms with Crippen LogP contribution in [0.25, 0.3) is 0 Å². The fraction of sp³-hybridized carbons (Fsp3) is 0.769. The first kappa shape index (κ1) is 13.9. The maximum absolute atomic E-state index is 11.6. The van der Waals surface area contributed by atoms with Gasteiger partial charge in [0.1, 0.15) is 18.3 Å². The molecule has 1 N–H and O–H groups in total. The van der Waals surface area contributed by atoms with Crippen molar-refractivity contribution in [1.82, 2.24) is 0 Å². The molecule has 1 aliphatic heterocycles. The molecule has 0 aromatic carbocycles. The number of rotatable bonds is 3. The number of aliphatic hydroxyl groups is 1. The van der Waals surface area contributed by atoms with Crippen molar-refractivity contribution in [3.05, 3.63) is 11.6 Å². The van der Waals surface area contributed by atoms with Gasteiger partial charge in [-0.15, -0.1) is 0 Å². The van der Waals surface area contributed by atoms with Gasteiger partial charge in [-0.05, 0) is 29.8 Å². The van der Waals surface area contributed by atoms with E-state index in [9.17, 15) is 9.90 Å². The van der Waals surface area contributed by atoms with E-state index in [1.807, 2.05) is 0 Å². The Morgan fingerprint density at radius 1 is 1.44 bits per heavy atom. The van der Waals surface area contributed by atoms with E-state index in [0.717, 1.165) is 0 Å². The molecule has 0 aromatic heterocycles. The number of ether oxygens (including phenoxy) is 1. The molecule has 5 heteroatoms. The van der Waals surface area contributed by atoms with E-state index in [-0.39, 0.29) is 16.9 Å². The minimum atomic E-state index is -1.85. The summed E-state index contributed by atoms with van der Waals surface area (Å²) in [5, 5.41) is 10.1. The molecule has 0 bridgehead atoms. The van der Waals surface area contributed by atoms with Gasteiger partial charge in [-0.25, -0.2) is 0 Å². The fourth-order valence-electron chi connectivity index (χ4n) is 1.76. The molecule has 0 aromatic rings. The van der Waals surface area contributed by atoms with E-state index in [0.29, 0.717) is 12.2 Å². The highest BCUT2D eigenvalue weighted by molar-refractivity contribution is 6.74. The Morgan fingerprint density at radius 3 is 2.61 bits per heavy atom. The van der Waals surface area contributed by atoms with Crippen molar-refractivity contribution in [2.75, 3.05) is 6.61 Å². The Kier molecular flexibility index (Phi) is 3.30. The van der Waals surface area contributed by atoms with Crippen molar-refractivity contribution >= 4 is 14.1 Å². The number of hydrogen-bond acceptors (Lipinski definition) is 4. The van der Waals surface area contributed by atoms with Crippen LogP contribution in [0.2, 0.25) is 18.1 Å². The second kappa shape index (κ2) is 4.26. The molecule has 2 aliphatic rings. The second-order valence-electron chi connectivity index (χ2n) is 6.64. The van der Waals surface area contributed by atoms with Crippen LogP contribution in [0, 0.1) is 0 Å². The molecule has 0 saturated carbocycles. The summed E-state index contributed by atoms with van der Waals surface area (Å²) in [6, 6.07) is 0. The zero-order valence-corrected chi connectivity index (χ0v) is 12.7. The second-order valence-corrected chi connectivity index (χ2v) is 11.4. The molecule has 0 spiro atoms. The molecule has 0 amide bonds. The maximum atomic E-state index is 11.6. The molecular formula is C13H22O4Si. The Labute approximate surface area is 109 Å². The molecule has 1 fully saturated rings. The van der Waals surface area contributed by atoms with Crippen LogP contribution >= 0.6 is 0 Å². The summed E-state index contributed by atoms with van der Waals surface area (Å²) in [5.74, 6) is -0.0425. The summed E-state index contributed by atoms with van der Waals surface area (Å²) in [7, 11) is -1.85. The van der Waals surface area contributed by atoms with Crippen LogP contribution in [0.1, 0.15) is 20.8 Å². The third-order valence-electron chi connectivity index (χ3n) is 4.23. The molecule has 2 rings (SSSR count). The largest absolute Gasteiger partial charge is 0.413 e. The van der Waals surface area contributed by atoms with Crippen LogP contribution in [-0.2, 0) is 14.0 Å². The summed E-state index contributed by atoms with van der Waals surface area (Å²) in [6.07, 6.45) is 0.0704. The molecule has 3 atom stereocenters. The zero-order chi connectivity index (χ0) is 13.7. The summed E-state index contributed by atoms with van der Waals surface area (Å²) in [6.45, 7) is 11.1. The highest BCUT2D eigenvalue weighted by Crippen LogP contribution is 2.38. The van der Waals surface area contributed by atoms with Gasteiger partial charge in [0.25, 0.3) is 0 Å². The van der Waals surface area contributed by atoms with E-state index in [1.165, 1.54) is 6.08 Å². The van der Waals surface area contributed by atoms with Gasteiger partial charge in [0.15, 0.2) is 14.1 Å². The number of aliphatic hydroxyl groups excluding tert-OH is 1. The Hall–Kier alpha value is -0.493. The van der Waals surface area contributed by atoms with Crippen molar-refractivity contribution in [3.63, 3.8) is 0 Å². The topological polar surface area (TPSA) is 59.1 Å². The average molecular weight is 270 g/mol. The summed E-state index contributed by atoms with van der Waals surface area (Å²) >= 11 is 0. The molecule has 1 saturated heterocycles. The monoisotopic (exact) mass is 270 g/mol. The Morgan fingerprint density at radius 2 is 2.06 bits per heavy atom. The van der Waals surface area contributed by atoms with E-state index < -0.39 is 20.5 Å². The molecule has 0 radical (unpaired) electrons. The van der Waals surface area contributed by atoms with Crippen LogP contribution in [0.3, 0.4) is 0 Å². The van der Waals surface area contributed by atoms with Gasteiger partial charge in [-0.1, -0.05) is 20.8 Å². The number of epoxide rings is 1. The van der Waals surface area contributed by atoms with E-state index in [1.54, 1.807) is 0 Å². The minimum absolute atomic E-state index is 0.0425. The van der Waals surface area contributed by atoms with Gasteiger partial charge in [0.2, 0.25) is 0 Å². The quantitative estimate of drug-likeness (QED) is 0.626. The molecule has 0 unspecified atom stereocenters. The van der Waals surface area contributed by atoms with E-state index in [2.05, 4.69) is 33.9 Å². The minimum Gasteiger partial charge on any atom is -0.413 e. The first-order valence-electron chi connectivity index (χ1n) is 6.35. The summed E-state index contributed by atoms with van der Waals surface area (Å²) in [5.41, 5.74) is 0.656. The van der Waals surface area contributed by atoms with Crippen LogP contribution in [0.15, 0.2) is 11.6 Å². The number of ketones is 1. The Balaban J connectivity index is 2.00. The fourth-order valence-corrected chi connectivity index (χ4v) is 2.72. The van der Waals surface area contributed by atoms with E-state index in [4.69, 9.17) is 9.16 Å². The van der Waals surface area contributed by atoms with Gasteiger partial charge in [-0.2, -0.15) is 0 Å². The first-order valence-corrected chi connectivity index (χ1v) is 9.26. The SMILES string of the molecule is CC(C)(C)[Si](C)(C)OCC1=CC(=O)[C@@H]2O[C@@H]2[C@@H]1O. The maximum Gasteiger partial charge on any atom is 0.192 e. The normalized spacial score (nSPS) is 32.0. The number of fused-ring (bicyclic) bond motifs is 1. The lowest BCUT2D eigenvalue weighted by Crippen LogP contribution is -2.42. The van der Waals surface area contributed by atoms with Gasteiger partial charge >= 0.3 is 0 Å². The third-order valence-corrected chi connectivity index (χ3v) is 8.71. The van der Waals surface area contributed by atoms with Crippen LogP contribution in [0.4, 0.5) is 0 Å². The predicted molar refractivity (Wildman–Crippen MR) is 70.9 cm³/mol. The average Bonchev–Trinajstić information content (AvgIpc) is 3.00. The lowest BCUT2D eigenvalue weighted by molar-refractivity contribution is -0.116. The highest BCUT2D eigenvalue weighted by atomic mass is 28.4. The smallest absolute Gasteiger partial charge is 0.192 e. The standard InChI is InChI=1S/C13H22O4Si/c1-13(2,3)18(4,5)16-7-8-6-9(14)11-12(17-11)10(8)15/h6,10-12,15H,7H2,1-5H3/t10-,11+,12-/m1/s1. The molecule has 18 heavy (non-hydrogen) atoms. The van der Waals surface area contributed by atoms with Crippen molar-refractivity contribution in [2.24, 2.45) is 0 Å². The van der Waals surface area contributed by atoms with Crippen LogP contribution in [-0.4, -0.2) is 44.1 Å². The Bertz CT molecular complexity index is 394.